The second-order valence-corrected chi connectivity index (χ2v) is 7.31. The molecule has 0 unspecified atom stereocenters. The molecule has 0 aliphatic rings. The molecule has 9 heteroatoms. The average Bonchev–Trinajstić information content (AvgIpc) is 3.11. The number of amides is 1. The van der Waals surface area contributed by atoms with Gasteiger partial charge in [0.2, 0.25) is 0 Å². The van der Waals surface area contributed by atoms with Crippen LogP contribution in [-0.2, 0) is 4.79 Å². The van der Waals surface area contributed by atoms with E-state index in [1.54, 1.807) is 23.6 Å². The van der Waals surface area contributed by atoms with Gasteiger partial charge in [0, 0.05) is 27.5 Å². The summed E-state index contributed by atoms with van der Waals surface area (Å²) in [5, 5.41) is 15.7. The van der Waals surface area contributed by atoms with E-state index in [0.29, 0.717) is 22.1 Å². The summed E-state index contributed by atoms with van der Waals surface area (Å²) in [7, 11) is 0. The van der Waals surface area contributed by atoms with Gasteiger partial charge < -0.3 is 4.74 Å². The first-order valence-electron chi connectivity index (χ1n) is 7.81. The Morgan fingerprint density at radius 2 is 2.15 bits per heavy atom. The zero-order valence-corrected chi connectivity index (χ0v) is 16.5. The van der Waals surface area contributed by atoms with Crippen LogP contribution < -0.4 is 10.1 Å². The largest absolute Gasteiger partial charge is 0.484 e. The van der Waals surface area contributed by atoms with E-state index in [9.17, 15) is 14.9 Å². The van der Waals surface area contributed by atoms with Crippen LogP contribution >= 0.6 is 27.3 Å². The molecule has 0 atom stereocenters. The van der Waals surface area contributed by atoms with Crippen LogP contribution in [0.3, 0.4) is 0 Å². The number of anilines is 1. The Labute approximate surface area is 167 Å². The first-order valence-corrected chi connectivity index (χ1v) is 9.49. The van der Waals surface area contributed by atoms with Gasteiger partial charge in [0.15, 0.2) is 11.7 Å². The van der Waals surface area contributed by atoms with Gasteiger partial charge >= 0.3 is 0 Å². The number of hydrogen-bond donors (Lipinski definition) is 1. The predicted octanol–water partition coefficient (Wildman–Crippen LogP) is 4.81. The van der Waals surface area contributed by atoms with Gasteiger partial charge in [0.1, 0.15) is 5.75 Å². The lowest BCUT2D eigenvalue weighted by molar-refractivity contribution is -0.384. The molecule has 0 aliphatic heterocycles. The number of aryl methyl sites for hydroxylation is 1. The predicted molar refractivity (Wildman–Crippen MR) is 107 cm³/mol. The maximum absolute atomic E-state index is 12.1. The summed E-state index contributed by atoms with van der Waals surface area (Å²) in [5.41, 5.74) is 2.17. The molecule has 0 bridgehead atoms. The number of carbonyl (C=O) groups is 1. The van der Waals surface area contributed by atoms with E-state index in [4.69, 9.17) is 4.74 Å². The van der Waals surface area contributed by atoms with Crippen LogP contribution in [0.15, 0.2) is 52.3 Å². The molecule has 138 valence electrons. The summed E-state index contributed by atoms with van der Waals surface area (Å²) in [6.07, 6.45) is 0. The van der Waals surface area contributed by atoms with Crippen molar-refractivity contribution in [2.24, 2.45) is 0 Å². The van der Waals surface area contributed by atoms with Crippen LogP contribution in [-0.4, -0.2) is 22.4 Å². The molecule has 0 saturated heterocycles. The van der Waals surface area contributed by atoms with E-state index in [1.165, 1.54) is 23.5 Å². The standard InChI is InChI=1S/C18H14BrN3O4S/c1-11-7-14(5-6-15(11)19)26-9-17(23)21-18-20-16(10-27-18)12-3-2-4-13(8-12)22(24)25/h2-8,10H,9H2,1H3,(H,20,21,23). The minimum absolute atomic E-state index is 0.00993. The molecule has 0 spiro atoms. The topological polar surface area (TPSA) is 94.4 Å². The fourth-order valence-corrected chi connectivity index (χ4v) is 3.24. The maximum atomic E-state index is 12.1. The number of nitrogens with zero attached hydrogens (tertiary/aromatic N) is 2. The molecule has 2 aromatic carbocycles. The van der Waals surface area contributed by atoms with Crippen LogP contribution in [0.25, 0.3) is 11.3 Å². The summed E-state index contributed by atoms with van der Waals surface area (Å²) >= 11 is 4.65. The molecule has 1 N–H and O–H groups in total. The van der Waals surface area contributed by atoms with Gasteiger partial charge in [-0.05, 0) is 30.7 Å². The number of halogens is 1. The lowest BCUT2D eigenvalue weighted by Gasteiger charge is -2.07. The first kappa shape index (κ1) is 19.0. The number of non-ortho nitro benzene ring substituents is 1. The van der Waals surface area contributed by atoms with Crippen LogP contribution in [0.4, 0.5) is 10.8 Å². The van der Waals surface area contributed by atoms with Crippen molar-refractivity contribution in [2.45, 2.75) is 6.92 Å². The Morgan fingerprint density at radius 3 is 2.89 bits per heavy atom. The fraction of sp³-hybridized carbons (Fsp3) is 0.111. The van der Waals surface area contributed by atoms with Crippen LogP contribution in [0, 0.1) is 17.0 Å². The Bertz CT molecular complexity index is 1010. The third-order valence-corrected chi connectivity index (χ3v) is 5.25. The summed E-state index contributed by atoms with van der Waals surface area (Å²) in [4.78, 5) is 26.8. The monoisotopic (exact) mass is 447 g/mol. The lowest BCUT2D eigenvalue weighted by Crippen LogP contribution is -2.20. The Hall–Kier alpha value is -2.78. The summed E-state index contributed by atoms with van der Waals surface area (Å²) in [5.74, 6) is 0.262. The van der Waals surface area contributed by atoms with Crippen LogP contribution in [0.1, 0.15) is 5.56 Å². The highest BCUT2D eigenvalue weighted by Gasteiger charge is 2.12. The number of benzene rings is 2. The SMILES string of the molecule is Cc1cc(OCC(=O)Nc2nc(-c3cccc([N+](=O)[O-])c3)cs2)ccc1Br. The van der Waals surface area contributed by atoms with Crippen molar-refractivity contribution in [3.8, 4) is 17.0 Å². The Kier molecular flexibility index (Phi) is 5.82. The molecule has 1 amide bonds. The third-order valence-electron chi connectivity index (χ3n) is 3.60. The van der Waals surface area contributed by atoms with Crippen molar-refractivity contribution in [2.75, 3.05) is 11.9 Å². The second-order valence-electron chi connectivity index (χ2n) is 5.59. The van der Waals surface area contributed by atoms with Crippen LogP contribution in [0.2, 0.25) is 0 Å². The van der Waals surface area contributed by atoms with E-state index in [2.05, 4.69) is 26.2 Å². The second kappa shape index (κ2) is 8.28. The normalized spacial score (nSPS) is 10.4. The lowest BCUT2D eigenvalue weighted by atomic mass is 10.1. The van der Waals surface area contributed by atoms with Gasteiger partial charge in [-0.15, -0.1) is 11.3 Å². The first-order chi connectivity index (χ1) is 12.9. The zero-order valence-electron chi connectivity index (χ0n) is 14.1. The molecule has 0 aliphatic carbocycles. The van der Waals surface area contributed by atoms with Crippen molar-refractivity contribution >= 4 is 44.0 Å². The van der Waals surface area contributed by atoms with Gasteiger partial charge in [0.25, 0.3) is 11.6 Å². The molecule has 7 nitrogen and oxygen atoms in total. The van der Waals surface area contributed by atoms with Crippen molar-refractivity contribution in [3.05, 3.63) is 68.0 Å². The molecule has 27 heavy (non-hydrogen) atoms. The number of nitro benzene ring substituents is 1. The molecule has 0 fully saturated rings. The van der Waals surface area contributed by atoms with Gasteiger partial charge in [-0.25, -0.2) is 4.98 Å². The average molecular weight is 448 g/mol. The molecular formula is C18H14BrN3O4S. The van der Waals surface area contributed by atoms with E-state index < -0.39 is 4.92 Å². The number of carbonyl (C=O) groups excluding carboxylic acids is 1. The minimum atomic E-state index is -0.459. The number of hydrogen-bond acceptors (Lipinski definition) is 6. The number of thiazole rings is 1. The Balaban J connectivity index is 1.61. The molecule has 0 saturated carbocycles. The third kappa shape index (κ3) is 4.89. The molecule has 1 aromatic heterocycles. The van der Waals surface area contributed by atoms with Crippen molar-refractivity contribution < 1.29 is 14.5 Å². The molecular weight excluding hydrogens is 434 g/mol. The minimum Gasteiger partial charge on any atom is -0.484 e. The number of nitro groups is 1. The summed E-state index contributed by atoms with van der Waals surface area (Å²) in [6, 6.07) is 11.6. The van der Waals surface area contributed by atoms with E-state index in [0.717, 1.165) is 10.0 Å². The smallest absolute Gasteiger partial charge is 0.270 e. The van der Waals surface area contributed by atoms with E-state index >= 15 is 0 Å². The number of aromatic nitrogens is 1. The Morgan fingerprint density at radius 1 is 1.33 bits per heavy atom. The highest BCUT2D eigenvalue weighted by molar-refractivity contribution is 9.10. The number of ether oxygens (including phenoxy) is 1. The highest BCUT2D eigenvalue weighted by atomic mass is 79.9. The van der Waals surface area contributed by atoms with Crippen LogP contribution in [0.5, 0.6) is 5.75 Å². The number of nitrogens with one attached hydrogen (secondary N) is 1. The maximum Gasteiger partial charge on any atom is 0.270 e. The zero-order chi connectivity index (χ0) is 19.4. The van der Waals surface area contributed by atoms with Crippen molar-refractivity contribution in [1.82, 2.24) is 4.98 Å². The van der Waals surface area contributed by atoms with E-state index in [-0.39, 0.29) is 18.2 Å². The fourth-order valence-electron chi connectivity index (χ4n) is 2.25. The molecule has 3 rings (SSSR count). The molecule has 0 radical (unpaired) electrons. The van der Waals surface area contributed by atoms with Crippen molar-refractivity contribution in [1.29, 1.82) is 0 Å². The number of rotatable bonds is 6. The summed E-state index contributed by atoms with van der Waals surface area (Å²) in [6.45, 7) is 1.79. The van der Waals surface area contributed by atoms with Gasteiger partial charge in [-0.2, -0.15) is 0 Å². The van der Waals surface area contributed by atoms with E-state index in [1.807, 2.05) is 19.1 Å². The van der Waals surface area contributed by atoms with Gasteiger partial charge in [-0.1, -0.05) is 28.1 Å². The quantitative estimate of drug-likeness (QED) is 0.432. The molecule has 1 heterocycles. The highest BCUT2D eigenvalue weighted by Crippen LogP contribution is 2.27. The molecule has 3 aromatic rings. The summed E-state index contributed by atoms with van der Waals surface area (Å²) < 4.78 is 6.45. The van der Waals surface area contributed by atoms with Crippen molar-refractivity contribution in [3.63, 3.8) is 0 Å². The van der Waals surface area contributed by atoms with Gasteiger partial charge in [0.05, 0.1) is 10.6 Å². The van der Waals surface area contributed by atoms with Gasteiger partial charge in [-0.3, -0.25) is 20.2 Å².